The van der Waals surface area contributed by atoms with Crippen LogP contribution in [0.3, 0.4) is 0 Å². The van der Waals surface area contributed by atoms with Crippen molar-refractivity contribution < 1.29 is 23.5 Å². The molecule has 1 atom stereocenters. The molecule has 0 bridgehead atoms. The lowest BCUT2D eigenvalue weighted by Crippen LogP contribution is -2.29. The van der Waals surface area contributed by atoms with E-state index in [4.69, 9.17) is 25.5 Å². The van der Waals surface area contributed by atoms with Gasteiger partial charge in [-0.05, 0) is 49.7 Å². The molecular weight excluding hydrogens is 492 g/mol. The Labute approximate surface area is 208 Å². The number of esters is 1. The number of amides is 1. The van der Waals surface area contributed by atoms with Crippen LogP contribution in [0.1, 0.15) is 50.0 Å². The quantitative estimate of drug-likeness (QED) is 0.342. The molecule has 1 aliphatic heterocycles. The fourth-order valence-corrected chi connectivity index (χ4v) is 5.35. The molecule has 8 nitrogen and oxygen atoms in total. The third-order valence-electron chi connectivity index (χ3n) is 5.68. The number of thiazole rings is 1. The molecule has 0 aliphatic carbocycles. The Morgan fingerprint density at radius 1 is 1.23 bits per heavy atom. The second kappa shape index (κ2) is 8.83. The van der Waals surface area contributed by atoms with Gasteiger partial charge in [-0.2, -0.15) is 0 Å². The summed E-state index contributed by atoms with van der Waals surface area (Å²) in [6.45, 7) is 3.97. The highest BCUT2D eigenvalue weighted by Gasteiger charge is 2.45. The first kappa shape index (κ1) is 23.1. The van der Waals surface area contributed by atoms with E-state index in [-0.39, 0.29) is 37.7 Å². The van der Waals surface area contributed by atoms with Crippen LogP contribution in [0.5, 0.6) is 5.75 Å². The first-order valence-electron chi connectivity index (χ1n) is 10.7. The maximum atomic E-state index is 13.7. The van der Waals surface area contributed by atoms with Crippen molar-refractivity contribution in [3.63, 3.8) is 0 Å². The molecule has 35 heavy (non-hydrogen) atoms. The number of anilines is 1. The number of rotatable bonds is 5. The first-order valence-corrected chi connectivity index (χ1v) is 11.9. The standard InChI is InChI=1S/C25H19ClN2O6S/c1-4-33-15-7-5-6-13(10-15)19-18-20(29)16-11-14(26)8-9-17(16)34-21(18)23(30)28(19)25-27-12(2)22(35-25)24(31)32-3/h5-11,19H,4H2,1-3H3. The van der Waals surface area contributed by atoms with E-state index in [2.05, 4.69) is 4.98 Å². The van der Waals surface area contributed by atoms with Gasteiger partial charge in [0.25, 0.3) is 5.91 Å². The van der Waals surface area contributed by atoms with Gasteiger partial charge in [0.05, 0.1) is 36.4 Å². The van der Waals surface area contributed by atoms with Gasteiger partial charge < -0.3 is 13.9 Å². The number of benzene rings is 2. The summed E-state index contributed by atoms with van der Waals surface area (Å²) in [7, 11) is 1.28. The molecule has 4 aromatic rings. The Hall–Kier alpha value is -3.69. The Morgan fingerprint density at radius 2 is 2.03 bits per heavy atom. The summed E-state index contributed by atoms with van der Waals surface area (Å²) in [6.07, 6.45) is 0. The highest BCUT2D eigenvalue weighted by Crippen LogP contribution is 2.43. The van der Waals surface area contributed by atoms with Crippen molar-refractivity contribution >= 4 is 50.9 Å². The zero-order valence-corrected chi connectivity index (χ0v) is 20.5. The fraction of sp³-hybridized carbons (Fsp3) is 0.200. The third kappa shape index (κ3) is 3.77. The molecule has 10 heteroatoms. The Morgan fingerprint density at radius 3 is 2.77 bits per heavy atom. The average Bonchev–Trinajstić information content (AvgIpc) is 3.37. The first-order chi connectivity index (χ1) is 16.8. The van der Waals surface area contributed by atoms with Gasteiger partial charge in [0.1, 0.15) is 16.2 Å². The monoisotopic (exact) mass is 510 g/mol. The third-order valence-corrected chi connectivity index (χ3v) is 7.05. The largest absolute Gasteiger partial charge is 0.494 e. The van der Waals surface area contributed by atoms with Crippen molar-refractivity contribution in [2.24, 2.45) is 0 Å². The predicted octanol–water partition coefficient (Wildman–Crippen LogP) is 5.15. The molecule has 0 fully saturated rings. The number of aromatic nitrogens is 1. The van der Waals surface area contributed by atoms with E-state index in [9.17, 15) is 14.4 Å². The lowest BCUT2D eigenvalue weighted by Gasteiger charge is -2.23. The van der Waals surface area contributed by atoms with Crippen LogP contribution in [-0.4, -0.2) is 30.6 Å². The molecule has 0 saturated carbocycles. The Kier molecular flexibility index (Phi) is 5.82. The lowest BCUT2D eigenvalue weighted by atomic mass is 9.98. The molecule has 0 radical (unpaired) electrons. The van der Waals surface area contributed by atoms with E-state index in [1.165, 1.54) is 18.1 Å². The van der Waals surface area contributed by atoms with Crippen molar-refractivity contribution in [2.75, 3.05) is 18.6 Å². The van der Waals surface area contributed by atoms with Crippen molar-refractivity contribution in [1.82, 2.24) is 4.98 Å². The van der Waals surface area contributed by atoms with E-state index in [1.807, 2.05) is 6.92 Å². The smallest absolute Gasteiger partial charge is 0.350 e. The van der Waals surface area contributed by atoms with Crippen LogP contribution in [-0.2, 0) is 4.74 Å². The second-order valence-corrected chi connectivity index (χ2v) is 9.21. The molecular formula is C25H19ClN2O6S. The molecule has 2 aromatic carbocycles. The summed E-state index contributed by atoms with van der Waals surface area (Å²) in [5.74, 6) is -0.584. The van der Waals surface area contributed by atoms with E-state index in [1.54, 1.807) is 43.3 Å². The number of carbonyl (C=O) groups excluding carboxylic acids is 2. The molecule has 5 rings (SSSR count). The van der Waals surface area contributed by atoms with Crippen LogP contribution in [0.2, 0.25) is 5.02 Å². The molecule has 1 unspecified atom stereocenters. The van der Waals surface area contributed by atoms with E-state index in [0.717, 1.165) is 11.3 Å². The molecule has 0 N–H and O–H groups in total. The number of nitrogens with zero attached hydrogens (tertiary/aromatic N) is 2. The Balaban J connectivity index is 1.78. The number of fused-ring (bicyclic) bond motifs is 2. The van der Waals surface area contributed by atoms with Gasteiger partial charge in [-0.1, -0.05) is 35.1 Å². The normalized spacial score (nSPS) is 14.9. The van der Waals surface area contributed by atoms with Crippen LogP contribution in [0.15, 0.2) is 51.7 Å². The summed E-state index contributed by atoms with van der Waals surface area (Å²) in [5.41, 5.74) is 1.10. The van der Waals surface area contributed by atoms with E-state index < -0.39 is 17.9 Å². The van der Waals surface area contributed by atoms with Gasteiger partial charge >= 0.3 is 5.97 Å². The summed E-state index contributed by atoms with van der Waals surface area (Å²) in [5, 5.41) is 0.883. The average molecular weight is 511 g/mol. The van der Waals surface area contributed by atoms with Gasteiger partial charge in [-0.15, -0.1) is 0 Å². The van der Waals surface area contributed by atoms with Crippen LogP contribution >= 0.6 is 22.9 Å². The second-order valence-electron chi connectivity index (χ2n) is 7.80. The lowest BCUT2D eigenvalue weighted by molar-refractivity contribution is 0.0605. The number of hydrogen-bond acceptors (Lipinski definition) is 8. The van der Waals surface area contributed by atoms with Crippen LogP contribution in [0, 0.1) is 6.92 Å². The van der Waals surface area contributed by atoms with Crippen LogP contribution < -0.4 is 15.1 Å². The molecule has 1 amide bonds. The van der Waals surface area contributed by atoms with Crippen LogP contribution in [0.25, 0.3) is 11.0 Å². The minimum absolute atomic E-state index is 0.0795. The van der Waals surface area contributed by atoms with Gasteiger partial charge in [-0.25, -0.2) is 9.78 Å². The summed E-state index contributed by atoms with van der Waals surface area (Å²) >= 11 is 7.15. The molecule has 178 valence electrons. The molecule has 1 aliphatic rings. The number of hydrogen-bond donors (Lipinski definition) is 0. The fourth-order valence-electron chi connectivity index (χ4n) is 4.17. The highest BCUT2D eigenvalue weighted by atomic mass is 35.5. The number of halogens is 1. The molecule has 0 saturated heterocycles. The summed E-state index contributed by atoms with van der Waals surface area (Å²) in [6, 6.07) is 11.0. The number of carbonyl (C=O) groups is 2. The zero-order valence-electron chi connectivity index (χ0n) is 19.0. The highest BCUT2D eigenvalue weighted by molar-refractivity contribution is 7.17. The molecule has 0 spiro atoms. The van der Waals surface area contributed by atoms with Gasteiger partial charge in [0, 0.05) is 5.02 Å². The van der Waals surface area contributed by atoms with Crippen LogP contribution in [0.4, 0.5) is 5.13 Å². The van der Waals surface area contributed by atoms with Gasteiger partial charge in [0.2, 0.25) is 5.76 Å². The summed E-state index contributed by atoms with van der Waals surface area (Å²) < 4.78 is 16.4. The van der Waals surface area contributed by atoms with Crippen molar-refractivity contribution in [3.05, 3.63) is 85.2 Å². The van der Waals surface area contributed by atoms with Gasteiger partial charge in [-0.3, -0.25) is 14.5 Å². The minimum atomic E-state index is -0.853. The SMILES string of the molecule is CCOc1cccc(C2c3c(oc4ccc(Cl)cc4c3=O)C(=O)N2c2nc(C)c(C(=O)OC)s2)c1. The minimum Gasteiger partial charge on any atom is -0.494 e. The maximum absolute atomic E-state index is 13.7. The number of aryl methyl sites for hydroxylation is 1. The zero-order chi connectivity index (χ0) is 24.9. The van der Waals surface area contributed by atoms with Gasteiger partial charge in [0.15, 0.2) is 10.6 Å². The predicted molar refractivity (Wildman–Crippen MR) is 132 cm³/mol. The van der Waals surface area contributed by atoms with E-state index in [0.29, 0.717) is 28.6 Å². The molecule has 3 heterocycles. The maximum Gasteiger partial charge on any atom is 0.350 e. The number of methoxy groups -OCH3 is 1. The van der Waals surface area contributed by atoms with Crippen molar-refractivity contribution in [1.29, 1.82) is 0 Å². The molecule has 2 aromatic heterocycles. The van der Waals surface area contributed by atoms with E-state index >= 15 is 0 Å². The topological polar surface area (TPSA) is 98.9 Å². The van der Waals surface area contributed by atoms with Crippen molar-refractivity contribution in [2.45, 2.75) is 19.9 Å². The van der Waals surface area contributed by atoms with Crippen molar-refractivity contribution in [3.8, 4) is 5.75 Å². The Bertz CT molecular complexity index is 1560. The number of ether oxygens (including phenoxy) is 2. The summed E-state index contributed by atoms with van der Waals surface area (Å²) in [4.78, 5) is 45.7.